The average molecular weight is 515 g/mol. The number of piperidine rings is 1. The van der Waals surface area contributed by atoms with Crippen LogP contribution in [0.5, 0.6) is 5.75 Å². The number of aromatic hydroxyl groups is 1. The maximum atomic E-state index is 13.2. The number of para-hydroxylation sites is 1. The van der Waals surface area contributed by atoms with Crippen LogP contribution in [-0.2, 0) is 18.3 Å². The maximum absolute atomic E-state index is 13.2. The number of carbonyl (C=O) groups excluding carboxylic acids is 1. The molecule has 0 radical (unpaired) electrons. The van der Waals surface area contributed by atoms with Crippen molar-refractivity contribution in [3.05, 3.63) is 53.9 Å². The summed E-state index contributed by atoms with van der Waals surface area (Å²) in [4.78, 5) is 17.5. The van der Waals surface area contributed by atoms with Crippen molar-refractivity contribution < 1.29 is 14.4 Å². The summed E-state index contributed by atoms with van der Waals surface area (Å²) in [5, 5.41) is 23.2. The molecule has 0 atom stereocenters. The average Bonchev–Trinajstić information content (AvgIpc) is 3.47. The van der Waals surface area contributed by atoms with Gasteiger partial charge in [0.05, 0.1) is 11.2 Å². The first-order valence-corrected chi connectivity index (χ1v) is 13.5. The van der Waals surface area contributed by atoms with E-state index in [9.17, 15) is 9.90 Å². The van der Waals surface area contributed by atoms with Gasteiger partial charge in [-0.1, -0.05) is 31.1 Å². The summed E-state index contributed by atoms with van der Waals surface area (Å²) in [5.74, 6) is 3.14. The highest BCUT2D eigenvalue weighted by Gasteiger charge is 2.38. The van der Waals surface area contributed by atoms with E-state index < -0.39 is 0 Å². The Morgan fingerprint density at radius 1 is 1.11 bits per heavy atom. The fourth-order valence-corrected chi connectivity index (χ4v) is 5.76. The van der Waals surface area contributed by atoms with Gasteiger partial charge in [0.2, 0.25) is 5.91 Å². The van der Waals surface area contributed by atoms with Gasteiger partial charge in [-0.15, -0.1) is 10.2 Å². The Labute approximate surface area is 222 Å². The van der Waals surface area contributed by atoms with E-state index in [1.807, 2.05) is 36.2 Å². The summed E-state index contributed by atoms with van der Waals surface area (Å²) in [6, 6.07) is 13.2. The zero-order chi connectivity index (χ0) is 26.4. The van der Waals surface area contributed by atoms with Gasteiger partial charge in [-0.05, 0) is 43.0 Å². The second kappa shape index (κ2) is 9.78. The lowest BCUT2D eigenvalue weighted by Gasteiger charge is -2.42. The van der Waals surface area contributed by atoms with E-state index >= 15 is 0 Å². The van der Waals surface area contributed by atoms with Crippen molar-refractivity contribution in [1.82, 2.24) is 24.8 Å². The predicted octanol–water partition coefficient (Wildman–Crippen LogP) is 4.37. The van der Waals surface area contributed by atoms with Crippen molar-refractivity contribution in [1.29, 1.82) is 0 Å². The lowest BCUT2D eigenvalue weighted by Crippen LogP contribution is -2.52. The molecule has 1 N–H and O–H groups in total. The second-order valence-corrected chi connectivity index (χ2v) is 11.1. The smallest absolute Gasteiger partial charge is 0.225 e. The molecule has 2 aliphatic rings. The van der Waals surface area contributed by atoms with Crippen molar-refractivity contribution in [3.63, 3.8) is 0 Å². The van der Waals surface area contributed by atoms with Gasteiger partial charge in [0.15, 0.2) is 5.82 Å². The number of benzene rings is 1. The third-order valence-corrected chi connectivity index (χ3v) is 7.95. The molecule has 3 aromatic heterocycles. The number of fused-ring (bicyclic) bond motifs is 1. The van der Waals surface area contributed by atoms with Crippen LogP contribution >= 0.6 is 0 Å². The van der Waals surface area contributed by atoms with Crippen LogP contribution in [0.1, 0.15) is 44.1 Å². The normalized spacial score (nSPS) is 16.9. The summed E-state index contributed by atoms with van der Waals surface area (Å²) >= 11 is 0. The van der Waals surface area contributed by atoms with Gasteiger partial charge in [-0.2, -0.15) is 0 Å². The fraction of sp³-hybridized carbons (Fsp3) is 0.448. The highest BCUT2D eigenvalue weighted by atomic mass is 16.5. The minimum absolute atomic E-state index is 0.0636. The Balaban J connectivity index is 1.07. The first-order chi connectivity index (χ1) is 18.4. The van der Waals surface area contributed by atoms with E-state index in [-0.39, 0.29) is 23.5 Å². The van der Waals surface area contributed by atoms with E-state index in [4.69, 9.17) is 4.52 Å². The monoisotopic (exact) mass is 514 g/mol. The number of phenolic OH excluding ortho intramolecular Hbond substituents is 1. The number of likely N-dealkylation sites (tertiary alicyclic amines) is 1. The van der Waals surface area contributed by atoms with Gasteiger partial charge in [-0.25, -0.2) is 0 Å². The Hall–Kier alpha value is -3.88. The first-order valence-electron chi connectivity index (χ1n) is 13.5. The first kappa shape index (κ1) is 24.5. The van der Waals surface area contributed by atoms with Gasteiger partial charge in [0.25, 0.3) is 0 Å². The van der Waals surface area contributed by atoms with Crippen LogP contribution in [0.4, 0.5) is 5.82 Å². The standard InChI is InChI=1S/C29H34N6O3/c1-18(2)12-21-13-28(32-38-21)34-10-8-19(9-11-34)29(37)35-16-20(17-35)25-15-24-26(33(25)3)14-23(30-31-24)22-6-4-5-7-27(22)36/h4-7,13-15,18-20,36H,8-12,16-17H2,1-3H3. The van der Waals surface area contributed by atoms with Crippen molar-refractivity contribution in [2.75, 3.05) is 31.1 Å². The molecule has 4 aromatic rings. The summed E-state index contributed by atoms with van der Waals surface area (Å²) in [7, 11) is 2.03. The lowest BCUT2D eigenvalue weighted by atomic mass is 9.90. The highest BCUT2D eigenvalue weighted by molar-refractivity contribution is 5.83. The summed E-state index contributed by atoms with van der Waals surface area (Å²) in [6.07, 6.45) is 2.56. The minimum atomic E-state index is 0.0636. The van der Waals surface area contributed by atoms with Crippen molar-refractivity contribution in [2.24, 2.45) is 18.9 Å². The fourth-order valence-electron chi connectivity index (χ4n) is 5.76. The number of aryl methyl sites for hydroxylation is 1. The molecule has 2 saturated heterocycles. The number of aromatic nitrogens is 4. The number of amides is 1. The molecule has 9 heteroatoms. The van der Waals surface area contributed by atoms with E-state index in [1.165, 1.54) is 0 Å². The summed E-state index contributed by atoms with van der Waals surface area (Å²) in [6.45, 7) is 7.44. The number of rotatable bonds is 6. The third kappa shape index (κ3) is 4.50. The summed E-state index contributed by atoms with van der Waals surface area (Å²) < 4.78 is 7.64. The molecule has 5 heterocycles. The Morgan fingerprint density at radius 3 is 2.61 bits per heavy atom. The molecule has 38 heavy (non-hydrogen) atoms. The Morgan fingerprint density at radius 2 is 1.87 bits per heavy atom. The van der Waals surface area contributed by atoms with Crippen LogP contribution < -0.4 is 4.90 Å². The van der Waals surface area contributed by atoms with Crippen molar-refractivity contribution >= 4 is 22.8 Å². The number of hydrogen-bond donors (Lipinski definition) is 1. The van der Waals surface area contributed by atoms with E-state index in [0.717, 1.165) is 73.7 Å². The van der Waals surface area contributed by atoms with Gasteiger partial charge in [0, 0.05) is 68.8 Å². The largest absolute Gasteiger partial charge is 0.507 e. The van der Waals surface area contributed by atoms with Gasteiger partial charge >= 0.3 is 0 Å². The molecule has 1 aromatic carbocycles. The molecular formula is C29H34N6O3. The number of carbonyl (C=O) groups is 1. The zero-order valence-corrected chi connectivity index (χ0v) is 22.2. The molecule has 0 spiro atoms. The van der Waals surface area contributed by atoms with E-state index in [2.05, 4.69) is 44.7 Å². The SMILES string of the molecule is CC(C)Cc1cc(N2CCC(C(=O)N3CC(c4cc5nnc(-c6ccccc6O)cc5n4C)C3)CC2)no1. The minimum Gasteiger partial charge on any atom is -0.507 e. The van der Waals surface area contributed by atoms with Crippen LogP contribution in [0.25, 0.3) is 22.3 Å². The molecule has 9 nitrogen and oxygen atoms in total. The molecule has 2 aliphatic heterocycles. The molecular weight excluding hydrogens is 480 g/mol. The molecule has 1 amide bonds. The molecule has 0 unspecified atom stereocenters. The molecule has 0 saturated carbocycles. The molecule has 2 fully saturated rings. The van der Waals surface area contributed by atoms with Crippen LogP contribution in [0.15, 0.2) is 47.0 Å². The zero-order valence-electron chi connectivity index (χ0n) is 22.2. The Kier molecular flexibility index (Phi) is 6.29. The second-order valence-electron chi connectivity index (χ2n) is 11.1. The summed E-state index contributed by atoms with van der Waals surface area (Å²) in [5.41, 5.74) is 4.25. The van der Waals surface area contributed by atoms with Gasteiger partial charge < -0.3 is 24.0 Å². The predicted molar refractivity (Wildman–Crippen MR) is 145 cm³/mol. The number of hydrogen-bond acceptors (Lipinski definition) is 7. The molecule has 198 valence electrons. The number of nitrogens with zero attached hydrogens (tertiary/aromatic N) is 6. The van der Waals surface area contributed by atoms with Crippen molar-refractivity contribution in [2.45, 2.75) is 39.0 Å². The highest BCUT2D eigenvalue weighted by Crippen LogP contribution is 2.35. The lowest BCUT2D eigenvalue weighted by molar-refractivity contribution is -0.140. The molecule has 0 aliphatic carbocycles. The van der Waals surface area contributed by atoms with Crippen LogP contribution in [0, 0.1) is 11.8 Å². The third-order valence-electron chi connectivity index (χ3n) is 7.95. The van der Waals surface area contributed by atoms with E-state index in [1.54, 1.807) is 12.1 Å². The van der Waals surface area contributed by atoms with Gasteiger partial charge in [-0.3, -0.25) is 4.79 Å². The number of phenols is 1. The maximum Gasteiger partial charge on any atom is 0.225 e. The number of anilines is 1. The van der Waals surface area contributed by atoms with Gasteiger partial charge in [0.1, 0.15) is 17.0 Å². The Bertz CT molecular complexity index is 1460. The van der Waals surface area contributed by atoms with E-state index in [0.29, 0.717) is 17.2 Å². The van der Waals surface area contributed by atoms with Crippen LogP contribution in [0.3, 0.4) is 0 Å². The van der Waals surface area contributed by atoms with Crippen LogP contribution in [-0.4, -0.2) is 62.0 Å². The quantitative estimate of drug-likeness (QED) is 0.408. The van der Waals surface area contributed by atoms with Crippen molar-refractivity contribution in [3.8, 4) is 17.0 Å². The molecule has 6 rings (SSSR count). The van der Waals surface area contributed by atoms with Crippen LogP contribution in [0.2, 0.25) is 0 Å². The molecule has 0 bridgehead atoms. The topological polar surface area (TPSA) is 101 Å².